The monoisotopic (exact) mass is 596 g/mol. The highest BCUT2D eigenvalue weighted by Gasteiger charge is 2.19. The van der Waals surface area contributed by atoms with Gasteiger partial charge in [0.05, 0.1) is 19.2 Å². The Morgan fingerprint density at radius 2 is 0.935 bits per heavy atom. The van der Waals surface area contributed by atoms with Crippen LogP contribution in [0.2, 0.25) is 0 Å². The third-order valence-corrected chi connectivity index (χ3v) is 8.38. The number of hydrogen-bond donors (Lipinski definition) is 0. The second-order valence-corrected chi connectivity index (χ2v) is 11.0. The minimum atomic E-state index is -0.712. The van der Waals surface area contributed by atoms with Crippen molar-refractivity contribution < 1.29 is 19.2 Å². The molecule has 0 fully saturated rings. The lowest BCUT2D eigenvalue weighted by Gasteiger charge is -2.20. The molecule has 0 aliphatic carbocycles. The summed E-state index contributed by atoms with van der Waals surface area (Å²) < 4.78 is 128. The van der Waals surface area contributed by atoms with E-state index < -0.39 is 72.5 Å². The smallest absolute Gasteiger partial charge is 0.0622 e. The molecule has 0 aliphatic heterocycles. The van der Waals surface area contributed by atoms with Crippen molar-refractivity contribution in [2.75, 3.05) is 0 Å². The first kappa shape index (κ1) is 15.8. The van der Waals surface area contributed by atoms with Crippen LogP contribution < -0.4 is 0 Å². The van der Waals surface area contributed by atoms with E-state index in [0.717, 1.165) is 21.9 Å². The van der Waals surface area contributed by atoms with Gasteiger partial charge in [-0.25, -0.2) is 0 Å². The third-order valence-electron chi connectivity index (χ3n) is 8.38. The van der Waals surface area contributed by atoms with Gasteiger partial charge in [0.15, 0.2) is 0 Å². The molecule has 0 amide bonds. The Balaban J connectivity index is 1.54. The summed E-state index contributed by atoms with van der Waals surface area (Å²) in [4.78, 5) is 0. The van der Waals surface area contributed by atoms with Crippen molar-refractivity contribution in [1.82, 2.24) is 0 Å². The average molecular weight is 597 g/mol. The standard InChI is InChI=1S/C46H30/c1-2-11-31(12-3-1)38-27-28-43-44(30-38)46(40-20-10-16-34-14-6-7-17-39(34)40)42-19-9-8-18-41(42)45(43)35-24-21-33(22-25-35)37-26-23-32-13-4-5-15-36(32)29-37/h1-30H/i6D,7D,8D,9D,10D,14D,16D,17D,18D,19D,20D,27D,28D,30D. The topological polar surface area (TPSA) is 0 Å². The molecular formula is C46H30. The summed E-state index contributed by atoms with van der Waals surface area (Å²) in [6.07, 6.45) is 0. The fraction of sp³-hybridized carbons (Fsp3) is 0. The summed E-state index contributed by atoms with van der Waals surface area (Å²) in [7, 11) is 0. The molecule has 0 heteroatoms. The lowest BCUT2D eigenvalue weighted by molar-refractivity contribution is 1.62. The van der Waals surface area contributed by atoms with Crippen LogP contribution in [0.5, 0.6) is 0 Å². The fourth-order valence-corrected chi connectivity index (χ4v) is 6.20. The van der Waals surface area contributed by atoms with Crippen molar-refractivity contribution in [3.05, 3.63) is 182 Å². The molecule has 0 saturated carbocycles. The van der Waals surface area contributed by atoms with Gasteiger partial charge >= 0.3 is 0 Å². The quantitative estimate of drug-likeness (QED) is 0.177. The maximum atomic E-state index is 9.93. The van der Waals surface area contributed by atoms with Gasteiger partial charge in [-0.15, -0.1) is 0 Å². The number of hydrogen-bond acceptors (Lipinski definition) is 0. The van der Waals surface area contributed by atoms with Crippen LogP contribution in [-0.2, 0) is 0 Å². The predicted octanol–water partition coefficient (Wildman–Crippen LogP) is 13.0. The van der Waals surface area contributed by atoms with Crippen molar-refractivity contribution in [2.24, 2.45) is 0 Å². The van der Waals surface area contributed by atoms with E-state index in [0.29, 0.717) is 11.1 Å². The Morgan fingerprint density at radius 3 is 1.76 bits per heavy atom. The molecule has 0 nitrogen and oxygen atoms in total. The van der Waals surface area contributed by atoms with Gasteiger partial charge < -0.3 is 0 Å². The lowest BCUT2D eigenvalue weighted by Crippen LogP contribution is -1.92. The molecular weight excluding hydrogens is 553 g/mol. The predicted molar refractivity (Wildman–Crippen MR) is 198 cm³/mol. The summed E-state index contributed by atoms with van der Waals surface area (Å²) in [5.74, 6) is 0. The van der Waals surface area contributed by atoms with E-state index in [4.69, 9.17) is 11.0 Å². The van der Waals surface area contributed by atoms with Crippen molar-refractivity contribution in [3.63, 3.8) is 0 Å². The highest BCUT2D eigenvalue weighted by Crippen LogP contribution is 2.46. The number of benzene rings is 9. The molecule has 0 saturated heterocycles. The van der Waals surface area contributed by atoms with Crippen LogP contribution >= 0.6 is 0 Å². The molecule has 9 aromatic rings. The SMILES string of the molecule is [2H]c1c([2H])c([2H])c2c(-c3c4c([2H])c([2H])c([2H])c([2H])c4c(-c4ccc(-c5ccc6ccccc6c5)cc4)c4c([2H])c([2H])c(-c5ccccc5)c([2H])c34)c([2H])c([2H])c([2H])c2c1[2H]. The Labute approximate surface area is 288 Å². The molecule has 0 bridgehead atoms. The minimum Gasteiger partial charge on any atom is -0.0622 e. The zero-order valence-electron chi connectivity index (χ0n) is 38.2. The maximum absolute atomic E-state index is 9.93. The van der Waals surface area contributed by atoms with Crippen molar-refractivity contribution in [2.45, 2.75) is 0 Å². The summed E-state index contributed by atoms with van der Waals surface area (Å²) in [6, 6.07) is 21.4. The van der Waals surface area contributed by atoms with E-state index in [9.17, 15) is 8.22 Å². The molecule has 0 radical (unpaired) electrons. The van der Waals surface area contributed by atoms with Gasteiger partial charge in [0.2, 0.25) is 0 Å². The van der Waals surface area contributed by atoms with Gasteiger partial charge in [-0.3, -0.25) is 0 Å². The zero-order chi connectivity index (χ0) is 42.6. The molecule has 0 heterocycles. The molecule has 0 aromatic heterocycles. The summed E-state index contributed by atoms with van der Waals surface area (Å²) in [5, 5.41) is 0.840. The van der Waals surface area contributed by atoms with E-state index in [1.165, 1.54) is 0 Å². The van der Waals surface area contributed by atoms with E-state index in [2.05, 4.69) is 0 Å². The molecule has 9 rings (SSSR count). The number of fused-ring (bicyclic) bond motifs is 4. The Bertz CT molecular complexity index is 3330. The van der Waals surface area contributed by atoms with Gasteiger partial charge in [-0.1, -0.05) is 170 Å². The second-order valence-electron chi connectivity index (χ2n) is 11.0. The average Bonchev–Trinajstić information content (AvgIpc) is 3.26. The number of rotatable bonds is 4. The highest BCUT2D eigenvalue weighted by atomic mass is 14.2. The van der Waals surface area contributed by atoms with Crippen LogP contribution in [-0.4, -0.2) is 0 Å². The molecule has 0 spiro atoms. The maximum Gasteiger partial charge on any atom is 0.0636 e. The van der Waals surface area contributed by atoms with E-state index in [-0.39, 0.29) is 66.7 Å². The van der Waals surface area contributed by atoms with Gasteiger partial charge in [0, 0.05) is 0 Å². The zero-order valence-corrected chi connectivity index (χ0v) is 24.2. The first-order chi connectivity index (χ1) is 28.6. The van der Waals surface area contributed by atoms with Crippen LogP contribution in [0.15, 0.2) is 182 Å². The van der Waals surface area contributed by atoms with Crippen LogP contribution in [0.25, 0.3) is 87.6 Å². The molecule has 0 N–H and O–H groups in total. The second kappa shape index (κ2) is 10.9. The third kappa shape index (κ3) is 4.38. The van der Waals surface area contributed by atoms with Crippen LogP contribution in [0.3, 0.4) is 0 Å². The first-order valence-electron chi connectivity index (χ1n) is 21.8. The molecule has 0 unspecified atom stereocenters. The van der Waals surface area contributed by atoms with Gasteiger partial charge in [0.1, 0.15) is 0 Å². The van der Waals surface area contributed by atoms with E-state index >= 15 is 0 Å². The van der Waals surface area contributed by atoms with Gasteiger partial charge in [0.25, 0.3) is 0 Å². The summed E-state index contributed by atoms with van der Waals surface area (Å²) in [5.41, 5.74) is 2.05. The first-order valence-corrected chi connectivity index (χ1v) is 14.8. The van der Waals surface area contributed by atoms with E-state index in [1.54, 1.807) is 42.5 Å². The molecule has 9 aromatic carbocycles. The minimum absolute atomic E-state index is 0.00749. The van der Waals surface area contributed by atoms with Crippen molar-refractivity contribution in [3.8, 4) is 44.5 Å². The molecule has 0 atom stereocenters. The van der Waals surface area contributed by atoms with Crippen molar-refractivity contribution in [1.29, 1.82) is 0 Å². The Kier molecular flexibility index (Phi) is 3.74. The highest BCUT2D eigenvalue weighted by molar-refractivity contribution is 6.24. The fourth-order valence-electron chi connectivity index (χ4n) is 6.20. The Morgan fingerprint density at radius 1 is 0.326 bits per heavy atom. The molecule has 46 heavy (non-hydrogen) atoms. The lowest BCUT2D eigenvalue weighted by atomic mass is 9.83. The van der Waals surface area contributed by atoms with Crippen LogP contribution in [0.1, 0.15) is 19.2 Å². The normalized spacial score (nSPS) is 15.7. The molecule has 0 aliphatic rings. The van der Waals surface area contributed by atoms with E-state index in [1.807, 2.05) is 54.6 Å². The summed E-state index contributed by atoms with van der Waals surface area (Å²) >= 11 is 0. The van der Waals surface area contributed by atoms with Crippen LogP contribution in [0, 0.1) is 0 Å². The van der Waals surface area contributed by atoms with Gasteiger partial charge in [-0.2, -0.15) is 0 Å². The van der Waals surface area contributed by atoms with Crippen LogP contribution in [0.4, 0.5) is 0 Å². The summed E-state index contributed by atoms with van der Waals surface area (Å²) in [6.45, 7) is 0. The van der Waals surface area contributed by atoms with Crippen molar-refractivity contribution >= 4 is 43.1 Å². The largest absolute Gasteiger partial charge is 0.0636 e. The van der Waals surface area contributed by atoms with Gasteiger partial charge in [-0.05, 0) is 99.7 Å². The molecule has 214 valence electrons. The Hall–Kier alpha value is -5.98.